The molecule has 2 heterocycles. The van der Waals surface area contributed by atoms with Gasteiger partial charge in [-0.05, 0) is 49.4 Å². The smallest absolute Gasteiger partial charge is 0.243 e. The number of halogens is 2. The number of rotatable bonds is 6. The van der Waals surface area contributed by atoms with Crippen LogP contribution < -0.4 is 15.0 Å². The predicted octanol–water partition coefficient (Wildman–Crippen LogP) is 3.84. The molecule has 1 N–H and O–H groups in total. The highest BCUT2D eigenvalue weighted by Crippen LogP contribution is 2.25. The van der Waals surface area contributed by atoms with Crippen molar-refractivity contribution in [2.24, 2.45) is 0 Å². The van der Waals surface area contributed by atoms with Gasteiger partial charge in [-0.1, -0.05) is 11.6 Å². The molecule has 2 aromatic carbocycles. The summed E-state index contributed by atoms with van der Waals surface area (Å²) < 4.78 is 45.8. The molecule has 0 aliphatic carbocycles. The summed E-state index contributed by atoms with van der Waals surface area (Å²) in [4.78, 5) is 11.0. The summed E-state index contributed by atoms with van der Waals surface area (Å²) in [6, 6.07) is 12.7. The number of hydrogen-bond donors (Lipinski definition) is 1. The molecule has 174 valence electrons. The van der Waals surface area contributed by atoms with Gasteiger partial charge < -0.3 is 15.0 Å². The molecule has 0 saturated carbocycles. The van der Waals surface area contributed by atoms with E-state index in [4.69, 9.17) is 16.3 Å². The summed E-state index contributed by atoms with van der Waals surface area (Å²) in [5, 5.41) is 3.03. The number of hydrogen-bond acceptors (Lipinski definition) is 7. The zero-order valence-electron chi connectivity index (χ0n) is 18.1. The lowest BCUT2D eigenvalue weighted by Crippen LogP contribution is -2.49. The van der Waals surface area contributed by atoms with Gasteiger partial charge in [-0.15, -0.1) is 0 Å². The molecule has 3 aromatic rings. The van der Waals surface area contributed by atoms with Gasteiger partial charge in [0.2, 0.25) is 16.0 Å². The van der Waals surface area contributed by atoms with E-state index >= 15 is 0 Å². The van der Waals surface area contributed by atoms with Crippen LogP contribution in [0.5, 0.6) is 5.75 Å². The van der Waals surface area contributed by atoms with E-state index in [9.17, 15) is 12.8 Å². The maximum Gasteiger partial charge on any atom is 0.243 e. The minimum Gasteiger partial charge on any atom is -0.497 e. The second-order valence-corrected chi connectivity index (χ2v) is 9.86. The highest BCUT2D eigenvalue weighted by atomic mass is 35.5. The molecule has 1 aliphatic heterocycles. The number of aryl methyl sites for hydroxylation is 1. The molecule has 1 fully saturated rings. The van der Waals surface area contributed by atoms with Gasteiger partial charge in [-0.2, -0.15) is 9.29 Å². The lowest BCUT2D eigenvalue weighted by Gasteiger charge is -2.34. The van der Waals surface area contributed by atoms with Crippen LogP contribution in [-0.2, 0) is 10.0 Å². The minimum absolute atomic E-state index is 0.0277. The number of piperazine rings is 1. The zero-order chi connectivity index (χ0) is 23.6. The molecule has 33 heavy (non-hydrogen) atoms. The average molecular weight is 492 g/mol. The van der Waals surface area contributed by atoms with Crippen LogP contribution in [0.2, 0.25) is 5.02 Å². The van der Waals surface area contributed by atoms with Crippen LogP contribution in [0.15, 0.2) is 53.4 Å². The molecule has 11 heteroatoms. The van der Waals surface area contributed by atoms with Crippen LogP contribution in [0.4, 0.5) is 21.8 Å². The number of sulfonamides is 1. The molecule has 0 radical (unpaired) electrons. The van der Waals surface area contributed by atoms with Crippen molar-refractivity contribution in [1.82, 2.24) is 14.3 Å². The van der Waals surface area contributed by atoms with E-state index in [1.807, 2.05) is 42.2 Å². The molecule has 1 aromatic heterocycles. The first-order chi connectivity index (χ1) is 15.8. The molecule has 1 saturated heterocycles. The highest BCUT2D eigenvalue weighted by molar-refractivity contribution is 7.89. The maximum absolute atomic E-state index is 13.4. The van der Waals surface area contributed by atoms with Crippen molar-refractivity contribution in [3.8, 4) is 5.75 Å². The Bertz CT molecular complexity index is 1250. The third-order valence-corrected chi connectivity index (χ3v) is 7.44. The van der Waals surface area contributed by atoms with Crippen molar-refractivity contribution in [3.63, 3.8) is 0 Å². The molecule has 8 nitrogen and oxygen atoms in total. The first kappa shape index (κ1) is 23.2. The third kappa shape index (κ3) is 5.18. The lowest BCUT2D eigenvalue weighted by molar-refractivity contribution is 0.382. The Balaban J connectivity index is 1.46. The maximum atomic E-state index is 13.4. The van der Waals surface area contributed by atoms with Crippen molar-refractivity contribution >= 4 is 39.1 Å². The molecule has 1 aliphatic rings. The van der Waals surface area contributed by atoms with Gasteiger partial charge >= 0.3 is 0 Å². The monoisotopic (exact) mass is 491 g/mol. The Hall–Kier alpha value is -2.95. The summed E-state index contributed by atoms with van der Waals surface area (Å²) in [5.74, 6) is 1.26. The number of methoxy groups -OCH3 is 1. The van der Waals surface area contributed by atoms with E-state index in [0.717, 1.165) is 29.3 Å². The second kappa shape index (κ2) is 9.50. The second-order valence-electron chi connectivity index (χ2n) is 7.52. The van der Waals surface area contributed by atoms with E-state index in [1.54, 1.807) is 7.11 Å². The number of nitrogens with zero attached hydrogens (tertiary/aromatic N) is 4. The van der Waals surface area contributed by atoms with Gasteiger partial charge in [0.1, 0.15) is 17.4 Å². The molecule has 0 unspecified atom stereocenters. The minimum atomic E-state index is -3.78. The van der Waals surface area contributed by atoms with Crippen LogP contribution in [0.3, 0.4) is 0 Å². The number of ether oxygens (including phenoxy) is 1. The van der Waals surface area contributed by atoms with E-state index < -0.39 is 15.8 Å². The topological polar surface area (TPSA) is 87.7 Å². The van der Waals surface area contributed by atoms with Crippen LogP contribution in [0.1, 0.15) is 5.69 Å². The number of nitrogens with one attached hydrogen (secondary N) is 1. The fourth-order valence-electron chi connectivity index (χ4n) is 3.50. The van der Waals surface area contributed by atoms with Gasteiger partial charge in [0.05, 0.1) is 17.0 Å². The van der Waals surface area contributed by atoms with Crippen molar-refractivity contribution in [2.45, 2.75) is 11.8 Å². The Kier molecular flexibility index (Phi) is 6.68. The quantitative estimate of drug-likeness (QED) is 0.560. The van der Waals surface area contributed by atoms with Gasteiger partial charge in [-0.25, -0.2) is 17.8 Å². The first-order valence-electron chi connectivity index (χ1n) is 10.2. The van der Waals surface area contributed by atoms with Crippen molar-refractivity contribution < 1.29 is 17.5 Å². The van der Waals surface area contributed by atoms with E-state index in [2.05, 4.69) is 15.3 Å². The molecular formula is C22H23ClFN5O3S. The van der Waals surface area contributed by atoms with Crippen LogP contribution >= 0.6 is 11.6 Å². The third-order valence-electron chi connectivity index (χ3n) is 5.26. The van der Waals surface area contributed by atoms with Crippen LogP contribution in [0, 0.1) is 12.7 Å². The summed E-state index contributed by atoms with van der Waals surface area (Å²) in [7, 11) is -2.16. The summed E-state index contributed by atoms with van der Waals surface area (Å²) in [6.45, 7) is 3.20. The molecule has 0 bridgehead atoms. The Labute approximate surface area is 197 Å². The van der Waals surface area contributed by atoms with Gasteiger partial charge in [0, 0.05) is 43.6 Å². The normalized spacial score (nSPS) is 14.8. The lowest BCUT2D eigenvalue weighted by atomic mass is 10.3. The number of aromatic nitrogens is 2. The highest BCUT2D eigenvalue weighted by Gasteiger charge is 2.30. The summed E-state index contributed by atoms with van der Waals surface area (Å²) >= 11 is 5.77. The number of benzene rings is 2. The standard InChI is InChI=1S/C22H23ClFN5O3S/c1-15-13-21(26-16-3-5-17(32-2)6-4-16)27-22(25-15)28-9-11-29(12-10-28)33(30,31)18-7-8-20(24)19(23)14-18/h3-8,13-14H,9-12H2,1-2H3,(H,25,26,27). The van der Waals surface area contributed by atoms with Crippen molar-refractivity contribution in [2.75, 3.05) is 43.5 Å². The molecular weight excluding hydrogens is 469 g/mol. The van der Waals surface area contributed by atoms with Gasteiger partial charge in [0.15, 0.2) is 0 Å². The molecule has 4 rings (SSSR count). The molecule has 0 spiro atoms. The fourth-order valence-corrected chi connectivity index (χ4v) is 5.19. The fraction of sp³-hybridized carbons (Fsp3) is 0.273. The largest absolute Gasteiger partial charge is 0.497 e. The Morgan fingerprint density at radius 2 is 1.73 bits per heavy atom. The summed E-state index contributed by atoms with van der Waals surface area (Å²) in [6.07, 6.45) is 0. The SMILES string of the molecule is COc1ccc(Nc2cc(C)nc(N3CCN(S(=O)(=O)c4ccc(F)c(Cl)c4)CC3)n2)cc1. The summed E-state index contributed by atoms with van der Waals surface area (Å²) in [5.41, 5.74) is 1.64. The van der Waals surface area contributed by atoms with Crippen LogP contribution in [-0.4, -0.2) is 56.0 Å². The van der Waals surface area contributed by atoms with Crippen molar-refractivity contribution in [3.05, 3.63) is 65.1 Å². The van der Waals surface area contributed by atoms with E-state index in [1.165, 1.54) is 10.4 Å². The molecule has 0 atom stereocenters. The van der Waals surface area contributed by atoms with Gasteiger partial charge in [0.25, 0.3) is 0 Å². The average Bonchev–Trinajstić information content (AvgIpc) is 2.81. The predicted molar refractivity (Wildman–Crippen MR) is 125 cm³/mol. The van der Waals surface area contributed by atoms with Gasteiger partial charge in [-0.3, -0.25) is 0 Å². The van der Waals surface area contributed by atoms with Crippen molar-refractivity contribution in [1.29, 1.82) is 0 Å². The number of anilines is 3. The zero-order valence-corrected chi connectivity index (χ0v) is 19.7. The molecule has 0 amide bonds. The first-order valence-corrected chi connectivity index (χ1v) is 12.0. The van der Waals surface area contributed by atoms with E-state index in [-0.39, 0.29) is 23.0 Å². The van der Waals surface area contributed by atoms with Crippen LogP contribution in [0.25, 0.3) is 0 Å². The Morgan fingerprint density at radius 3 is 2.36 bits per heavy atom. The van der Waals surface area contributed by atoms with E-state index in [0.29, 0.717) is 24.9 Å². The Morgan fingerprint density at radius 1 is 1.03 bits per heavy atom.